The molecule has 0 unspecified atom stereocenters. The van der Waals surface area contributed by atoms with E-state index >= 15 is 0 Å². The van der Waals surface area contributed by atoms with Crippen LogP contribution in [-0.4, -0.2) is 37.2 Å². The monoisotopic (exact) mass is 455 g/mol. The lowest BCUT2D eigenvalue weighted by atomic mass is 10.1. The summed E-state index contributed by atoms with van der Waals surface area (Å²) in [6, 6.07) is 16.0. The van der Waals surface area contributed by atoms with Crippen molar-refractivity contribution in [3.63, 3.8) is 0 Å². The third kappa shape index (κ3) is 4.68. The lowest BCUT2D eigenvalue weighted by Crippen LogP contribution is -2.38. The Morgan fingerprint density at radius 3 is 2.65 bits per heavy atom. The Morgan fingerprint density at radius 2 is 1.90 bits per heavy atom. The Morgan fingerprint density at radius 1 is 1.13 bits per heavy atom. The highest BCUT2D eigenvalue weighted by Gasteiger charge is 2.23. The number of amides is 1. The maximum atomic E-state index is 12.9. The SMILES string of the molecule is Cc1nc(-c2ccc(CNC(=O)CN(C)S(=O)(=O)c3ccc4ccccc4c3)o2)cs1. The number of hydrogen-bond acceptors (Lipinski definition) is 6. The number of thiazole rings is 1. The van der Waals surface area contributed by atoms with Gasteiger partial charge in [0.05, 0.1) is 23.0 Å². The Bertz CT molecular complexity index is 1340. The summed E-state index contributed by atoms with van der Waals surface area (Å²) in [6.07, 6.45) is 0. The van der Waals surface area contributed by atoms with Gasteiger partial charge in [-0.15, -0.1) is 11.3 Å². The topological polar surface area (TPSA) is 92.5 Å². The Kier molecular flexibility index (Phi) is 5.90. The molecule has 4 aromatic rings. The first-order valence-corrected chi connectivity index (χ1v) is 11.9. The molecule has 1 amide bonds. The number of carbonyl (C=O) groups excluding carboxylic acids is 1. The first-order valence-electron chi connectivity index (χ1n) is 9.56. The summed E-state index contributed by atoms with van der Waals surface area (Å²) in [6.45, 7) is 1.78. The molecule has 0 saturated heterocycles. The van der Waals surface area contributed by atoms with Crippen LogP contribution in [0.4, 0.5) is 0 Å². The number of likely N-dealkylation sites (N-methyl/N-ethyl adjacent to an activating group) is 1. The first-order chi connectivity index (χ1) is 14.8. The number of rotatable bonds is 7. The van der Waals surface area contributed by atoms with E-state index < -0.39 is 15.9 Å². The maximum absolute atomic E-state index is 12.9. The fourth-order valence-corrected chi connectivity index (χ4v) is 4.89. The number of fused-ring (bicyclic) bond motifs is 1. The van der Waals surface area contributed by atoms with Crippen LogP contribution in [0.25, 0.3) is 22.2 Å². The Hall–Kier alpha value is -3.01. The normalized spacial score (nSPS) is 11.8. The van der Waals surface area contributed by atoms with Gasteiger partial charge in [-0.1, -0.05) is 30.3 Å². The van der Waals surface area contributed by atoms with Gasteiger partial charge in [-0.05, 0) is 42.0 Å². The molecule has 2 aromatic heterocycles. The van der Waals surface area contributed by atoms with E-state index in [2.05, 4.69) is 10.3 Å². The number of aromatic nitrogens is 1. The summed E-state index contributed by atoms with van der Waals surface area (Å²) in [5.74, 6) is 0.771. The average molecular weight is 456 g/mol. The van der Waals surface area contributed by atoms with Crippen LogP contribution < -0.4 is 5.32 Å². The van der Waals surface area contributed by atoms with E-state index in [0.29, 0.717) is 11.5 Å². The Labute approximate surface area is 184 Å². The van der Waals surface area contributed by atoms with Gasteiger partial charge in [0, 0.05) is 12.4 Å². The van der Waals surface area contributed by atoms with Crippen LogP contribution in [0.3, 0.4) is 0 Å². The smallest absolute Gasteiger partial charge is 0.243 e. The van der Waals surface area contributed by atoms with E-state index in [-0.39, 0.29) is 18.0 Å². The molecule has 0 bridgehead atoms. The summed E-state index contributed by atoms with van der Waals surface area (Å²) >= 11 is 1.53. The van der Waals surface area contributed by atoms with Crippen molar-refractivity contribution in [1.29, 1.82) is 0 Å². The fourth-order valence-electron chi connectivity index (χ4n) is 3.12. The highest BCUT2D eigenvalue weighted by molar-refractivity contribution is 7.89. The second-order valence-corrected chi connectivity index (χ2v) is 10.2. The minimum Gasteiger partial charge on any atom is -0.458 e. The fraction of sp³-hybridized carbons (Fsp3) is 0.182. The molecule has 9 heteroatoms. The molecule has 4 rings (SSSR count). The van der Waals surface area contributed by atoms with Gasteiger partial charge in [0.25, 0.3) is 0 Å². The van der Waals surface area contributed by atoms with E-state index in [1.807, 2.05) is 36.6 Å². The zero-order valence-electron chi connectivity index (χ0n) is 17.0. The highest BCUT2D eigenvalue weighted by Crippen LogP contribution is 2.24. The molecule has 1 N–H and O–H groups in total. The molecule has 0 saturated carbocycles. The molecule has 0 aliphatic heterocycles. The van der Waals surface area contributed by atoms with Crippen molar-refractivity contribution < 1.29 is 17.6 Å². The summed E-state index contributed by atoms with van der Waals surface area (Å²) < 4.78 is 32.5. The van der Waals surface area contributed by atoms with Crippen molar-refractivity contribution in [2.45, 2.75) is 18.4 Å². The molecule has 31 heavy (non-hydrogen) atoms. The molecule has 2 aromatic carbocycles. The van der Waals surface area contributed by atoms with Crippen LogP contribution in [0.2, 0.25) is 0 Å². The number of benzene rings is 2. The number of hydrogen-bond donors (Lipinski definition) is 1. The van der Waals surface area contributed by atoms with Gasteiger partial charge in [0.2, 0.25) is 15.9 Å². The molecule has 0 aliphatic carbocycles. The van der Waals surface area contributed by atoms with Crippen LogP contribution in [0.15, 0.2) is 69.3 Å². The van der Waals surface area contributed by atoms with Crippen molar-refractivity contribution in [2.24, 2.45) is 0 Å². The van der Waals surface area contributed by atoms with Gasteiger partial charge in [0.1, 0.15) is 11.5 Å². The van der Waals surface area contributed by atoms with E-state index in [9.17, 15) is 13.2 Å². The zero-order chi connectivity index (χ0) is 22.0. The predicted molar refractivity (Wildman–Crippen MR) is 120 cm³/mol. The Balaban J connectivity index is 1.38. The van der Waals surface area contributed by atoms with Gasteiger partial charge >= 0.3 is 0 Å². The molecule has 0 atom stereocenters. The van der Waals surface area contributed by atoms with Gasteiger partial charge < -0.3 is 9.73 Å². The summed E-state index contributed by atoms with van der Waals surface area (Å²) in [7, 11) is -2.41. The standard InChI is InChI=1S/C22H21N3O4S2/c1-15-24-20(14-30-15)21-10-8-18(29-21)12-23-22(26)13-25(2)31(27,28)19-9-7-16-5-3-4-6-17(16)11-19/h3-11,14H,12-13H2,1-2H3,(H,23,26). The van der Waals surface area contributed by atoms with E-state index in [0.717, 1.165) is 25.8 Å². The molecule has 0 radical (unpaired) electrons. The van der Waals surface area contributed by atoms with Crippen molar-refractivity contribution in [2.75, 3.05) is 13.6 Å². The number of furan rings is 1. The summed E-state index contributed by atoms with van der Waals surface area (Å²) in [5, 5.41) is 7.32. The second-order valence-electron chi connectivity index (χ2n) is 7.06. The lowest BCUT2D eigenvalue weighted by Gasteiger charge is -2.17. The predicted octanol–water partition coefficient (Wildman–Crippen LogP) is 3.80. The van der Waals surface area contributed by atoms with E-state index in [1.54, 1.807) is 30.3 Å². The number of aryl methyl sites for hydroxylation is 1. The highest BCUT2D eigenvalue weighted by atomic mass is 32.2. The number of nitrogens with zero attached hydrogens (tertiary/aromatic N) is 2. The molecular weight excluding hydrogens is 434 g/mol. The molecular formula is C22H21N3O4S2. The van der Waals surface area contributed by atoms with Crippen molar-refractivity contribution in [1.82, 2.24) is 14.6 Å². The third-order valence-corrected chi connectivity index (χ3v) is 7.36. The number of carbonyl (C=O) groups is 1. The summed E-state index contributed by atoms with van der Waals surface area (Å²) in [4.78, 5) is 16.8. The minimum atomic E-state index is -3.80. The molecule has 0 aliphatic rings. The van der Waals surface area contributed by atoms with Crippen molar-refractivity contribution in [3.8, 4) is 11.5 Å². The van der Waals surface area contributed by atoms with Gasteiger partial charge in [-0.3, -0.25) is 4.79 Å². The largest absolute Gasteiger partial charge is 0.458 e. The minimum absolute atomic E-state index is 0.149. The van der Waals surface area contributed by atoms with Crippen LogP contribution in [0, 0.1) is 6.92 Å². The molecule has 2 heterocycles. The van der Waals surface area contributed by atoms with Gasteiger partial charge in [-0.25, -0.2) is 13.4 Å². The number of sulfonamides is 1. The van der Waals surface area contributed by atoms with Crippen LogP contribution >= 0.6 is 11.3 Å². The second kappa shape index (κ2) is 8.62. The quantitative estimate of drug-likeness (QED) is 0.458. The molecule has 0 fully saturated rings. The molecule has 160 valence electrons. The maximum Gasteiger partial charge on any atom is 0.243 e. The average Bonchev–Trinajstić information content (AvgIpc) is 3.40. The van der Waals surface area contributed by atoms with Crippen molar-refractivity contribution >= 4 is 38.0 Å². The third-order valence-electron chi connectivity index (χ3n) is 4.79. The van der Waals surface area contributed by atoms with Gasteiger partial charge in [-0.2, -0.15) is 4.31 Å². The van der Waals surface area contributed by atoms with Crippen LogP contribution in [0.5, 0.6) is 0 Å². The van der Waals surface area contributed by atoms with E-state index in [4.69, 9.17) is 4.42 Å². The summed E-state index contributed by atoms with van der Waals surface area (Å²) in [5.41, 5.74) is 0.751. The van der Waals surface area contributed by atoms with Crippen LogP contribution in [0.1, 0.15) is 10.8 Å². The van der Waals surface area contributed by atoms with Gasteiger partial charge in [0.15, 0.2) is 5.76 Å². The number of nitrogens with one attached hydrogen (secondary N) is 1. The van der Waals surface area contributed by atoms with Crippen molar-refractivity contribution in [3.05, 3.63) is 70.7 Å². The van der Waals surface area contributed by atoms with Crippen LogP contribution in [-0.2, 0) is 21.4 Å². The van der Waals surface area contributed by atoms with E-state index in [1.165, 1.54) is 18.4 Å². The lowest BCUT2D eigenvalue weighted by molar-refractivity contribution is -0.121. The molecule has 7 nitrogen and oxygen atoms in total. The first kappa shape index (κ1) is 21.2. The molecule has 0 spiro atoms. The zero-order valence-corrected chi connectivity index (χ0v) is 18.7.